The standard InChI is InChI=1S/C6H10O2/c1-3-6(7)5-8-4-2/h3-4,6-7H,1-2,5H2. The molecule has 0 saturated heterocycles. The second kappa shape index (κ2) is 4.40. The van der Waals surface area contributed by atoms with Crippen LogP contribution in [0.5, 0.6) is 0 Å². The predicted octanol–water partition coefficient (Wildman–Crippen LogP) is 0.693. The predicted molar refractivity (Wildman–Crippen MR) is 32.4 cm³/mol. The molecular formula is C6H10O2. The van der Waals surface area contributed by atoms with Crippen molar-refractivity contribution < 1.29 is 9.84 Å². The summed E-state index contributed by atoms with van der Waals surface area (Å²) in [7, 11) is 0. The van der Waals surface area contributed by atoms with Crippen molar-refractivity contribution in [2.45, 2.75) is 6.10 Å². The van der Waals surface area contributed by atoms with E-state index < -0.39 is 6.10 Å². The fourth-order valence-corrected chi connectivity index (χ4v) is 0.235. The first-order chi connectivity index (χ1) is 3.81. The normalized spacial score (nSPS) is 12.1. The highest BCUT2D eigenvalue weighted by Crippen LogP contribution is 1.84. The van der Waals surface area contributed by atoms with Gasteiger partial charge in [-0.25, -0.2) is 0 Å². The van der Waals surface area contributed by atoms with Gasteiger partial charge in [-0.2, -0.15) is 0 Å². The molecule has 0 aromatic heterocycles. The van der Waals surface area contributed by atoms with Crippen LogP contribution in [0.2, 0.25) is 0 Å². The minimum absolute atomic E-state index is 0.243. The molecule has 0 rings (SSSR count). The van der Waals surface area contributed by atoms with Gasteiger partial charge in [0, 0.05) is 0 Å². The van der Waals surface area contributed by atoms with Crippen molar-refractivity contribution in [3.05, 3.63) is 25.5 Å². The molecule has 1 unspecified atom stereocenters. The monoisotopic (exact) mass is 114 g/mol. The van der Waals surface area contributed by atoms with E-state index in [4.69, 9.17) is 5.11 Å². The first kappa shape index (κ1) is 7.24. The summed E-state index contributed by atoms with van der Waals surface area (Å²) < 4.78 is 4.63. The zero-order valence-electron chi connectivity index (χ0n) is 4.71. The lowest BCUT2D eigenvalue weighted by atomic mass is 10.4. The van der Waals surface area contributed by atoms with Crippen LogP contribution in [0.4, 0.5) is 0 Å². The smallest absolute Gasteiger partial charge is 0.117 e. The lowest BCUT2D eigenvalue weighted by molar-refractivity contribution is 0.117. The Morgan fingerprint density at radius 2 is 2.25 bits per heavy atom. The molecule has 0 aromatic rings. The van der Waals surface area contributed by atoms with E-state index in [1.54, 1.807) is 0 Å². The van der Waals surface area contributed by atoms with E-state index in [-0.39, 0.29) is 6.61 Å². The van der Waals surface area contributed by atoms with E-state index >= 15 is 0 Å². The molecule has 8 heavy (non-hydrogen) atoms. The lowest BCUT2D eigenvalue weighted by Gasteiger charge is -2.01. The Labute approximate surface area is 49.1 Å². The summed E-state index contributed by atoms with van der Waals surface area (Å²) in [4.78, 5) is 0. The van der Waals surface area contributed by atoms with Gasteiger partial charge in [0.15, 0.2) is 0 Å². The number of aliphatic hydroxyl groups is 1. The topological polar surface area (TPSA) is 29.5 Å². The maximum absolute atomic E-state index is 8.70. The largest absolute Gasteiger partial charge is 0.499 e. The third kappa shape index (κ3) is 3.43. The molecule has 0 bridgehead atoms. The molecule has 1 atom stereocenters. The van der Waals surface area contributed by atoms with Gasteiger partial charge in [-0.3, -0.25) is 0 Å². The van der Waals surface area contributed by atoms with Gasteiger partial charge < -0.3 is 9.84 Å². The maximum atomic E-state index is 8.70. The van der Waals surface area contributed by atoms with Gasteiger partial charge in [-0.05, 0) is 0 Å². The van der Waals surface area contributed by atoms with Crippen LogP contribution in [0.15, 0.2) is 25.5 Å². The second-order valence-electron chi connectivity index (χ2n) is 1.30. The maximum Gasteiger partial charge on any atom is 0.117 e. The summed E-state index contributed by atoms with van der Waals surface area (Å²) in [5, 5.41) is 8.70. The summed E-state index contributed by atoms with van der Waals surface area (Å²) >= 11 is 0. The highest BCUT2D eigenvalue weighted by Gasteiger charge is 1.92. The molecule has 0 aliphatic carbocycles. The quantitative estimate of drug-likeness (QED) is 0.430. The van der Waals surface area contributed by atoms with Gasteiger partial charge in [0.2, 0.25) is 0 Å². The first-order valence-corrected chi connectivity index (χ1v) is 2.34. The van der Waals surface area contributed by atoms with E-state index in [9.17, 15) is 0 Å². The summed E-state index contributed by atoms with van der Waals surface area (Å²) in [6, 6.07) is 0. The highest BCUT2D eigenvalue weighted by atomic mass is 16.5. The van der Waals surface area contributed by atoms with Gasteiger partial charge >= 0.3 is 0 Å². The zero-order valence-corrected chi connectivity index (χ0v) is 4.71. The molecule has 0 amide bonds. The van der Waals surface area contributed by atoms with Crippen LogP contribution in [0.25, 0.3) is 0 Å². The summed E-state index contributed by atoms with van der Waals surface area (Å²) in [5.74, 6) is 0. The van der Waals surface area contributed by atoms with Crippen molar-refractivity contribution in [1.82, 2.24) is 0 Å². The Bertz CT molecular complexity index is 78.6. The van der Waals surface area contributed by atoms with E-state index in [0.717, 1.165) is 0 Å². The average molecular weight is 114 g/mol. The van der Waals surface area contributed by atoms with Gasteiger partial charge in [0.05, 0.1) is 6.26 Å². The Balaban J connectivity index is 3.09. The SMILES string of the molecule is C=COCC(O)C=C. The van der Waals surface area contributed by atoms with E-state index in [0.29, 0.717) is 0 Å². The Hall–Kier alpha value is -0.760. The highest BCUT2D eigenvalue weighted by molar-refractivity contribution is 4.77. The Morgan fingerprint density at radius 1 is 1.62 bits per heavy atom. The van der Waals surface area contributed by atoms with Crippen molar-refractivity contribution in [2.24, 2.45) is 0 Å². The minimum Gasteiger partial charge on any atom is -0.499 e. The molecule has 2 nitrogen and oxygen atoms in total. The van der Waals surface area contributed by atoms with Crippen LogP contribution in [0, 0.1) is 0 Å². The van der Waals surface area contributed by atoms with Gasteiger partial charge in [-0.1, -0.05) is 12.7 Å². The average Bonchev–Trinajstić information content (AvgIpc) is 1.83. The van der Waals surface area contributed by atoms with Crippen molar-refractivity contribution in [1.29, 1.82) is 0 Å². The van der Waals surface area contributed by atoms with Crippen molar-refractivity contribution >= 4 is 0 Å². The van der Waals surface area contributed by atoms with Crippen molar-refractivity contribution in [3.63, 3.8) is 0 Å². The Kier molecular flexibility index (Phi) is 3.98. The van der Waals surface area contributed by atoms with Crippen LogP contribution in [0.3, 0.4) is 0 Å². The summed E-state index contributed by atoms with van der Waals surface area (Å²) in [5.41, 5.74) is 0. The minimum atomic E-state index is -0.576. The van der Waals surface area contributed by atoms with Crippen molar-refractivity contribution in [3.8, 4) is 0 Å². The zero-order chi connectivity index (χ0) is 6.41. The molecule has 0 aliphatic heterocycles. The van der Waals surface area contributed by atoms with Crippen LogP contribution >= 0.6 is 0 Å². The number of hydrogen-bond acceptors (Lipinski definition) is 2. The third-order valence-electron chi connectivity index (χ3n) is 0.657. The summed E-state index contributed by atoms with van der Waals surface area (Å²) in [6.45, 7) is 6.89. The molecule has 0 fully saturated rings. The molecular weight excluding hydrogens is 104 g/mol. The fourth-order valence-electron chi connectivity index (χ4n) is 0.235. The van der Waals surface area contributed by atoms with E-state index in [2.05, 4.69) is 17.9 Å². The molecule has 0 heterocycles. The first-order valence-electron chi connectivity index (χ1n) is 2.34. The third-order valence-corrected chi connectivity index (χ3v) is 0.657. The molecule has 1 N–H and O–H groups in total. The molecule has 0 saturated carbocycles. The number of hydrogen-bond donors (Lipinski definition) is 1. The lowest BCUT2D eigenvalue weighted by Crippen LogP contribution is -2.08. The molecule has 0 spiro atoms. The summed E-state index contributed by atoms with van der Waals surface area (Å²) in [6.07, 6.45) is 2.11. The van der Waals surface area contributed by atoms with Crippen LogP contribution in [-0.2, 0) is 4.74 Å². The molecule has 0 aliphatic rings. The molecule has 46 valence electrons. The number of aliphatic hydroxyl groups excluding tert-OH is 1. The second-order valence-corrected chi connectivity index (χ2v) is 1.30. The van der Waals surface area contributed by atoms with Gasteiger partial charge in [-0.15, -0.1) is 6.58 Å². The molecule has 0 aromatic carbocycles. The van der Waals surface area contributed by atoms with E-state index in [1.807, 2.05) is 0 Å². The molecule has 2 heteroatoms. The van der Waals surface area contributed by atoms with E-state index in [1.165, 1.54) is 12.3 Å². The van der Waals surface area contributed by atoms with Crippen LogP contribution in [-0.4, -0.2) is 17.8 Å². The van der Waals surface area contributed by atoms with Crippen LogP contribution < -0.4 is 0 Å². The number of ether oxygens (including phenoxy) is 1. The number of rotatable bonds is 4. The molecule has 0 radical (unpaired) electrons. The Morgan fingerprint density at radius 3 is 2.62 bits per heavy atom. The van der Waals surface area contributed by atoms with Crippen molar-refractivity contribution in [2.75, 3.05) is 6.61 Å². The van der Waals surface area contributed by atoms with Gasteiger partial charge in [0.25, 0.3) is 0 Å². The van der Waals surface area contributed by atoms with Gasteiger partial charge in [0.1, 0.15) is 12.7 Å². The fraction of sp³-hybridized carbons (Fsp3) is 0.333. The van der Waals surface area contributed by atoms with Crippen LogP contribution in [0.1, 0.15) is 0 Å².